The van der Waals surface area contributed by atoms with Gasteiger partial charge in [0.1, 0.15) is 0 Å². The average Bonchev–Trinajstić information content (AvgIpc) is 2.28. The smallest absolute Gasteiger partial charge is 0.177 e. The van der Waals surface area contributed by atoms with Crippen LogP contribution in [0.1, 0.15) is 46.5 Å². The average molecular weight is 245 g/mol. The van der Waals surface area contributed by atoms with Crippen molar-refractivity contribution in [3.63, 3.8) is 0 Å². The molecule has 0 N–H and O–H groups in total. The zero-order valence-corrected chi connectivity index (χ0v) is 12.0. The van der Waals surface area contributed by atoms with Gasteiger partial charge in [-0.15, -0.1) is 0 Å². The van der Waals surface area contributed by atoms with Crippen molar-refractivity contribution in [1.29, 1.82) is 0 Å². The number of carbonyl (C=O) groups is 1. The fraction of sp³-hybridized carbons (Fsp3) is 0.412. The fourth-order valence-corrected chi connectivity index (χ4v) is 1.57. The van der Waals surface area contributed by atoms with E-state index in [1.54, 1.807) is 6.08 Å². The Morgan fingerprint density at radius 2 is 1.56 bits per heavy atom. The second kappa shape index (κ2) is 9.64. The molecule has 0 unspecified atom stereocenters. The lowest BCUT2D eigenvalue weighted by atomic mass is 10.1. The van der Waals surface area contributed by atoms with Gasteiger partial charge in [-0.05, 0) is 65.5 Å². The summed E-state index contributed by atoms with van der Waals surface area (Å²) in [5.41, 5.74) is 3.64. The van der Waals surface area contributed by atoms with Crippen molar-refractivity contribution in [1.82, 2.24) is 0 Å². The maximum atomic E-state index is 11.1. The van der Waals surface area contributed by atoms with Crippen molar-refractivity contribution >= 4 is 5.78 Å². The van der Waals surface area contributed by atoms with Crippen molar-refractivity contribution in [2.75, 3.05) is 0 Å². The molecule has 0 fully saturated rings. The molecule has 0 spiro atoms. The Morgan fingerprint density at radius 3 is 2.11 bits per heavy atom. The van der Waals surface area contributed by atoms with Gasteiger partial charge in [-0.1, -0.05) is 35.5 Å². The van der Waals surface area contributed by atoms with Crippen LogP contribution in [0.15, 0.2) is 47.6 Å². The molecule has 0 aromatic rings. The lowest BCUT2D eigenvalue weighted by Gasteiger charge is -2.00. The van der Waals surface area contributed by atoms with Gasteiger partial charge in [-0.2, -0.15) is 0 Å². The highest BCUT2D eigenvalue weighted by Crippen LogP contribution is 2.11. The summed E-state index contributed by atoms with van der Waals surface area (Å²) in [5, 5.41) is 0. The van der Waals surface area contributed by atoms with Crippen LogP contribution in [0.3, 0.4) is 0 Å². The Kier molecular flexibility index (Phi) is 8.91. The van der Waals surface area contributed by atoms with E-state index in [1.165, 1.54) is 11.6 Å². The highest BCUT2D eigenvalue weighted by atomic mass is 16.1. The van der Waals surface area contributed by atoms with Crippen molar-refractivity contribution in [2.24, 2.45) is 0 Å². The summed E-state index contributed by atoms with van der Waals surface area (Å²) in [6.07, 6.45) is 11.5. The maximum absolute atomic E-state index is 11.1. The van der Waals surface area contributed by atoms with E-state index in [-0.39, 0.29) is 5.78 Å². The third kappa shape index (κ3) is 9.83. The van der Waals surface area contributed by atoms with Crippen molar-refractivity contribution in [2.45, 2.75) is 46.5 Å². The van der Waals surface area contributed by atoms with E-state index in [0.29, 0.717) is 0 Å². The van der Waals surface area contributed by atoms with Crippen LogP contribution in [0.2, 0.25) is 0 Å². The van der Waals surface area contributed by atoms with Crippen LogP contribution in [0, 0.1) is 6.92 Å². The number of rotatable bonds is 8. The van der Waals surface area contributed by atoms with E-state index in [1.807, 2.05) is 13.8 Å². The summed E-state index contributed by atoms with van der Waals surface area (Å²) in [6.45, 7) is 13.5. The molecule has 0 bridgehead atoms. The molecule has 18 heavy (non-hydrogen) atoms. The second-order valence-electron chi connectivity index (χ2n) is 4.78. The third-order valence-electron chi connectivity index (χ3n) is 2.65. The second-order valence-corrected chi connectivity index (χ2v) is 4.78. The van der Waals surface area contributed by atoms with Crippen LogP contribution in [-0.2, 0) is 4.79 Å². The SMILES string of the molecule is [CH2]/C(C)=C\CC/C(C)=C/CC/C(C)=C/C(=O)C=C. The van der Waals surface area contributed by atoms with Crippen LogP contribution in [0.25, 0.3) is 0 Å². The molecule has 1 heteroatoms. The molecular weight excluding hydrogens is 220 g/mol. The van der Waals surface area contributed by atoms with Gasteiger partial charge >= 0.3 is 0 Å². The molecule has 99 valence electrons. The Bertz CT molecular complexity index is 363. The molecular formula is C17H25O. The first-order valence-electron chi connectivity index (χ1n) is 6.43. The molecule has 0 amide bonds. The number of hydrogen-bond acceptors (Lipinski definition) is 1. The molecule has 0 rings (SSSR count). The molecule has 0 saturated carbocycles. The van der Waals surface area contributed by atoms with Gasteiger partial charge in [-0.3, -0.25) is 4.79 Å². The monoisotopic (exact) mass is 245 g/mol. The molecule has 0 aromatic carbocycles. The van der Waals surface area contributed by atoms with E-state index in [0.717, 1.165) is 36.8 Å². The van der Waals surface area contributed by atoms with Gasteiger partial charge < -0.3 is 0 Å². The molecule has 1 nitrogen and oxygen atoms in total. The molecule has 0 heterocycles. The van der Waals surface area contributed by atoms with Gasteiger partial charge in [0, 0.05) is 0 Å². The number of carbonyl (C=O) groups excluding carboxylic acids is 1. The molecule has 1 radical (unpaired) electrons. The predicted molar refractivity (Wildman–Crippen MR) is 80.3 cm³/mol. The van der Waals surface area contributed by atoms with Gasteiger partial charge in [0.05, 0.1) is 0 Å². The van der Waals surface area contributed by atoms with E-state index in [9.17, 15) is 4.79 Å². The van der Waals surface area contributed by atoms with Gasteiger partial charge in [0.2, 0.25) is 0 Å². The lowest BCUT2D eigenvalue weighted by molar-refractivity contribution is -0.110. The minimum Gasteiger partial charge on any atom is -0.290 e. The van der Waals surface area contributed by atoms with E-state index in [2.05, 4.69) is 32.6 Å². The van der Waals surface area contributed by atoms with E-state index >= 15 is 0 Å². The Labute approximate surface area is 112 Å². The van der Waals surface area contributed by atoms with Crippen LogP contribution < -0.4 is 0 Å². The predicted octanol–water partition coefficient (Wildman–Crippen LogP) is 4.97. The molecule has 0 aromatic heterocycles. The largest absolute Gasteiger partial charge is 0.290 e. The fourth-order valence-electron chi connectivity index (χ4n) is 1.57. The first kappa shape index (κ1) is 16.6. The van der Waals surface area contributed by atoms with Gasteiger partial charge in [-0.25, -0.2) is 0 Å². The summed E-state index contributed by atoms with van der Waals surface area (Å²) in [7, 11) is 0. The number of hydrogen-bond donors (Lipinski definition) is 0. The minimum atomic E-state index is -0.00994. The molecule has 0 atom stereocenters. The van der Waals surface area contributed by atoms with E-state index in [4.69, 9.17) is 0 Å². The standard InChI is InChI=1S/C17H25O/c1-6-17(18)13-16(5)12-8-11-15(4)10-7-9-14(2)3/h6,9,11,13H,1-2,7-8,10,12H2,3-5H3/b14-9+,15-11+,16-13+. The maximum Gasteiger partial charge on any atom is 0.177 e. The third-order valence-corrected chi connectivity index (χ3v) is 2.65. The Balaban J connectivity index is 4.01. The van der Waals surface area contributed by atoms with Crippen molar-refractivity contribution in [3.8, 4) is 0 Å². The highest BCUT2D eigenvalue weighted by molar-refractivity contribution is 5.99. The summed E-state index contributed by atoms with van der Waals surface area (Å²) in [5.74, 6) is -0.00994. The normalized spacial score (nSPS) is 13.7. The van der Waals surface area contributed by atoms with Crippen LogP contribution in [0.5, 0.6) is 0 Å². The van der Waals surface area contributed by atoms with Crippen LogP contribution in [-0.4, -0.2) is 5.78 Å². The quantitative estimate of drug-likeness (QED) is 0.435. The van der Waals surface area contributed by atoms with Gasteiger partial charge in [0.25, 0.3) is 0 Å². The molecule has 0 saturated heterocycles. The first-order chi connectivity index (χ1) is 8.45. The zero-order valence-electron chi connectivity index (χ0n) is 12.0. The highest BCUT2D eigenvalue weighted by Gasteiger charge is 1.94. The minimum absolute atomic E-state index is 0.00994. The first-order valence-corrected chi connectivity index (χ1v) is 6.43. The zero-order chi connectivity index (χ0) is 14.0. The Morgan fingerprint density at radius 1 is 1.00 bits per heavy atom. The van der Waals surface area contributed by atoms with E-state index < -0.39 is 0 Å². The number of allylic oxidation sites excluding steroid dienone is 7. The molecule has 0 aliphatic rings. The van der Waals surface area contributed by atoms with Crippen molar-refractivity contribution in [3.05, 3.63) is 54.5 Å². The van der Waals surface area contributed by atoms with Crippen LogP contribution >= 0.6 is 0 Å². The summed E-state index contributed by atoms with van der Waals surface area (Å²) < 4.78 is 0. The van der Waals surface area contributed by atoms with Crippen molar-refractivity contribution < 1.29 is 4.79 Å². The van der Waals surface area contributed by atoms with Gasteiger partial charge in [0.15, 0.2) is 5.78 Å². The molecule has 0 aliphatic carbocycles. The lowest BCUT2D eigenvalue weighted by Crippen LogP contribution is -1.87. The molecule has 0 aliphatic heterocycles. The van der Waals surface area contributed by atoms with Crippen LogP contribution in [0.4, 0.5) is 0 Å². The summed E-state index contributed by atoms with van der Waals surface area (Å²) in [4.78, 5) is 11.1. The Hall–Kier alpha value is -1.37. The number of ketones is 1. The summed E-state index contributed by atoms with van der Waals surface area (Å²) in [6, 6.07) is 0. The summed E-state index contributed by atoms with van der Waals surface area (Å²) >= 11 is 0. The topological polar surface area (TPSA) is 17.1 Å².